The number of hydrogen-bond donors (Lipinski definition) is 1. The van der Waals surface area contributed by atoms with Gasteiger partial charge in [-0.25, -0.2) is 0 Å². The molecule has 0 aliphatic heterocycles. The SMILES string of the molecule is COC(=O)CCC(N)c1ccc(C(C)(C)C)s1. The van der Waals surface area contributed by atoms with Crippen LogP contribution in [0.5, 0.6) is 0 Å². The molecule has 0 aromatic carbocycles. The van der Waals surface area contributed by atoms with Gasteiger partial charge < -0.3 is 10.5 Å². The van der Waals surface area contributed by atoms with E-state index in [2.05, 4.69) is 37.6 Å². The van der Waals surface area contributed by atoms with Crippen molar-refractivity contribution in [3.05, 3.63) is 21.9 Å². The number of ether oxygens (including phenoxy) is 1. The van der Waals surface area contributed by atoms with Crippen LogP contribution in [0.15, 0.2) is 12.1 Å². The monoisotopic (exact) mass is 255 g/mol. The van der Waals surface area contributed by atoms with Crippen LogP contribution in [-0.2, 0) is 14.9 Å². The van der Waals surface area contributed by atoms with Crippen LogP contribution >= 0.6 is 11.3 Å². The molecular formula is C13H21NO2S. The summed E-state index contributed by atoms with van der Waals surface area (Å²) in [5, 5.41) is 0. The van der Waals surface area contributed by atoms with E-state index in [4.69, 9.17) is 5.73 Å². The second-order valence-corrected chi connectivity index (χ2v) is 6.29. The van der Waals surface area contributed by atoms with Gasteiger partial charge in [-0.05, 0) is 24.0 Å². The largest absolute Gasteiger partial charge is 0.469 e. The number of esters is 1. The molecule has 0 aliphatic rings. The normalized spacial score (nSPS) is 13.5. The third-order valence-corrected chi connectivity index (χ3v) is 4.26. The van der Waals surface area contributed by atoms with E-state index in [0.717, 1.165) is 4.88 Å². The zero-order chi connectivity index (χ0) is 13.1. The summed E-state index contributed by atoms with van der Waals surface area (Å²) in [6.07, 6.45) is 1.01. The van der Waals surface area contributed by atoms with Gasteiger partial charge in [0.05, 0.1) is 7.11 Å². The highest BCUT2D eigenvalue weighted by Crippen LogP contribution is 2.32. The number of carbonyl (C=O) groups is 1. The highest BCUT2D eigenvalue weighted by Gasteiger charge is 2.18. The van der Waals surface area contributed by atoms with Crippen LogP contribution in [-0.4, -0.2) is 13.1 Å². The highest BCUT2D eigenvalue weighted by atomic mass is 32.1. The topological polar surface area (TPSA) is 52.3 Å². The van der Waals surface area contributed by atoms with Crippen molar-refractivity contribution in [2.45, 2.75) is 45.1 Å². The Hall–Kier alpha value is -0.870. The minimum Gasteiger partial charge on any atom is -0.469 e. The average Bonchev–Trinajstić information content (AvgIpc) is 2.74. The van der Waals surface area contributed by atoms with Gasteiger partial charge in [0.15, 0.2) is 0 Å². The zero-order valence-electron chi connectivity index (χ0n) is 10.9. The van der Waals surface area contributed by atoms with Gasteiger partial charge in [-0.15, -0.1) is 11.3 Å². The number of hydrogen-bond acceptors (Lipinski definition) is 4. The molecule has 4 heteroatoms. The first-order valence-corrected chi connectivity index (χ1v) is 6.59. The maximum absolute atomic E-state index is 11.0. The van der Waals surface area contributed by atoms with Gasteiger partial charge in [0.1, 0.15) is 0 Å². The van der Waals surface area contributed by atoms with Crippen molar-refractivity contribution in [3.8, 4) is 0 Å². The molecule has 17 heavy (non-hydrogen) atoms. The van der Waals surface area contributed by atoms with Crippen molar-refractivity contribution in [2.75, 3.05) is 7.11 Å². The van der Waals surface area contributed by atoms with Crippen LogP contribution < -0.4 is 5.73 Å². The molecule has 96 valence electrons. The Morgan fingerprint density at radius 1 is 1.47 bits per heavy atom. The smallest absolute Gasteiger partial charge is 0.305 e. The van der Waals surface area contributed by atoms with Gasteiger partial charge >= 0.3 is 5.97 Å². The Morgan fingerprint density at radius 3 is 2.59 bits per heavy atom. The van der Waals surface area contributed by atoms with Crippen molar-refractivity contribution in [2.24, 2.45) is 5.73 Å². The minimum absolute atomic E-state index is 0.0739. The van der Waals surface area contributed by atoms with E-state index in [0.29, 0.717) is 12.8 Å². The Morgan fingerprint density at radius 2 is 2.12 bits per heavy atom. The fourth-order valence-corrected chi connectivity index (χ4v) is 2.57. The summed E-state index contributed by atoms with van der Waals surface area (Å²) in [5.41, 5.74) is 6.21. The molecule has 0 spiro atoms. The van der Waals surface area contributed by atoms with E-state index in [1.165, 1.54) is 12.0 Å². The van der Waals surface area contributed by atoms with E-state index < -0.39 is 0 Å². The molecule has 0 bridgehead atoms. The third kappa shape index (κ3) is 4.13. The second kappa shape index (κ2) is 5.65. The molecule has 1 aromatic rings. The quantitative estimate of drug-likeness (QED) is 0.841. The van der Waals surface area contributed by atoms with Gasteiger partial charge in [-0.2, -0.15) is 0 Å². The standard InChI is InChI=1S/C13H21NO2S/c1-13(2,3)11-7-6-10(17-11)9(14)5-8-12(15)16-4/h6-7,9H,5,8,14H2,1-4H3. The predicted octanol–water partition coefficient (Wildman–Crippen LogP) is 3.00. The van der Waals surface area contributed by atoms with Gasteiger partial charge in [-0.1, -0.05) is 20.8 Å². The first-order chi connectivity index (χ1) is 7.84. The van der Waals surface area contributed by atoms with Gasteiger partial charge in [0, 0.05) is 22.2 Å². The van der Waals surface area contributed by atoms with Crippen LogP contribution in [0.25, 0.3) is 0 Å². The molecule has 1 heterocycles. The van der Waals surface area contributed by atoms with E-state index in [9.17, 15) is 4.79 Å². The highest BCUT2D eigenvalue weighted by molar-refractivity contribution is 7.12. The summed E-state index contributed by atoms with van der Waals surface area (Å²) >= 11 is 1.73. The Labute approximate surface area is 107 Å². The molecule has 0 amide bonds. The maximum atomic E-state index is 11.0. The summed E-state index contributed by atoms with van der Waals surface area (Å²) in [7, 11) is 1.40. The Balaban J connectivity index is 2.61. The molecule has 1 unspecified atom stereocenters. The minimum atomic E-state index is -0.201. The molecule has 2 N–H and O–H groups in total. The van der Waals surface area contributed by atoms with Crippen LogP contribution in [0.2, 0.25) is 0 Å². The van der Waals surface area contributed by atoms with Crippen LogP contribution in [0.3, 0.4) is 0 Å². The van der Waals surface area contributed by atoms with Gasteiger partial charge in [0.2, 0.25) is 0 Å². The molecule has 0 radical (unpaired) electrons. The lowest BCUT2D eigenvalue weighted by Crippen LogP contribution is -2.12. The van der Waals surface area contributed by atoms with Crippen LogP contribution in [0, 0.1) is 0 Å². The fourth-order valence-electron chi connectivity index (χ4n) is 1.47. The van der Waals surface area contributed by atoms with E-state index in [1.54, 1.807) is 11.3 Å². The van der Waals surface area contributed by atoms with Crippen LogP contribution in [0.4, 0.5) is 0 Å². The zero-order valence-corrected chi connectivity index (χ0v) is 11.8. The molecule has 1 rings (SSSR count). The summed E-state index contributed by atoms with van der Waals surface area (Å²) in [6.45, 7) is 6.55. The second-order valence-electron chi connectivity index (χ2n) is 5.17. The molecule has 3 nitrogen and oxygen atoms in total. The summed E-state index contributed by atoms with van der Waals surface area (Å²) < 4.78 is 4.60. The average molecular weight is 255 g/mol. The van der Waals surface area contributed by atoms with Crippen molar-refractivity contribution < 1.29 is 9.53 Å². The van der Waals surface area contributed by atoms with Crippen LogP contribution in [0.1, 0.15) is 49.4 Å². The van der Waals surface area contributed by atoms with Gasteiger partial charge in [-0.3, -0.25) is 4.79 Å². The molecule has 1 aromatic heterocycles. The summed E-state index contributed by atoms with van der Waals surface area (Å²) in [4.78, 5) is 13.5. The lowest BCUT2D eigenvalue weighted by Gasteiger charge is -2.15. The van der Waals surface area contributed by atoms with Crippen molar-refractivity contribution in [1.82, 2.24) is 0 Å². The lowest BCUT2D eigenvalue weighted by atomic mass is 9.95. The molecule has 0 fully saturated rings. The Kier molecular flexibility index (Phi) is 4.71. The number of thiophene rings is 1. The predicted molar refractivity (Wildman–Crippen MR) is 71.2 cm³/mol. The van der Waals surface area contributed by atoms with Crippen molar-refractivity contribution in [3.63, 3.8) is 0 Å². The fraction of sp³-hybridized carbons (Fsp3) is 0.615. The summed E-state index contributed by atoms with van der Waals surface area (Å²) in [5.74, 6) is -0.201. The molecule has 0 saturated carbocycles. The van der Waals surface area contributed by atoms with Gasteiger partial charge in [0.25, 0.3) is 0 Å². The first-order valence-electron chi connectivity index (χ1n) is 5.77. The molecule has 1 atom stereocenters. The number of carbonyl (C=O) groups excluding carboxylic acids is 1. The lowest BCUT2D eigenvalue weighted by molar-refractivity contribution is -0.140. The molecule has 0 saturated heterocycles. The number of rotatable bonds is 4. The third-order valence-electron chi connectivity index (χ3n) is 2.62. The number of methoxy groups -OCH3 is 1. The van der Waals surface area contributed by atoms with E-state index >= 15 is 0 Å². The number of nitrogens with two attached hydrogens (primary N) is 1. The summed E-state index contributed by atoms with van der Waals surface area (Å²) in [6, 6.07) is 4.11. The first kappa shape index (κ1) is 14.2. The molecular weight excluding hydrogens is 234 g/mol. The maximum Gasteiger partial charge on any atom is 0.305 e. The Bertz CT molecular complexity index is 379. The van der Waals surface area contributed by atoms with E-state index in [1.807, 2.05) is 0 Å². The van der Waals surface area contributed by atoms with Crippen molar-refractivity contribution >= 4 is 17.3 Å². The molecule has 0 aliphatic carbocycles. The van der Waals surface area contributed by atoms with E-state index in [-0.39, 0.29) is 17.4 Å². The van der Waals surface area contributed by atoms with Crippen molar-refractivity contribution in [1.29, 1.82) is 0 Å².